The Hall–Kier alpha value is -1.48. The number of hydrogen-bond acceptors (Lipinski definition) is 4. The Morgan fingerprint density at radius 3 is 2.58 bits per heavy atom. The van der Waals surface area contributed by atoms with Crippen LogP contribution in [-0.2, 0) is 26.2 Å². The largest absolute Gasteiger partial charge is 0.379 e. The fraction of sp³-hybridized carbons (Fsp3) is 0.611. The van der Waals surface area contributed by atoms with Crippen LogP contribution in [0.3, 0.4) is 0 Å². The van der Waals surface area contributed by atoms with Crippen LogP contribution in [0.1, 0.15) is 18.4 Å². The normalized spacial score (nSPS) is 22.8. The van der Waals surface area contributed by atoms with Crippen LogP contribution in [-0.4, -0.2) is 68.9 Å². The van der Waals surface area contributed by atoms with Crippen LogP contribution in [0.25, 0.3) is 0 Å². The summed E-state index contributed by atoms with van der Waals surface area (Å²) in [6.07, 6.45) is 2.21. The van der Waals surface area contributed by atoms with Gasteiger partial charge in [0.2, 0.25) is 5.91 Å². The lowest BCUT2D eigenvalue weighted by molar-refractivity contribution is -0.126. The van der Waals surface area contributed by atoms with E-state index in [2.05, 4.69) is 5.32 Å². The quantitative estimate of drug-likeness (QED) is 0.784. The third kappa shape index (κ3) is 4.82. The molecule has 1 aromatic rings. The second-order valence-corrected chi connectivity index (χ2v) is 8.67. The van der Waals surface area contributed by atoms with Crippen LogP contribution in [0.15, 0.2) is 30.3 Å². The fourth-order valence-electron chi connectivity index (χ4n) is 3.43. The van der Waals surface area contributed by atoms with Crippen LogP contribution in [0, 0.1) is 5.92 Å². The van der Waals surface area contributed by atoms with E-state index in [9.17, 15) is 13.2 Å². The number of carbonyl (C=O) groups is 1. The summed E-state index contributed by atoms with van der Waals surface area (Å²) in [7, 11) is -3.51. The molecule has 7 nitrogen and oxygen atoms in total. The lowest BCUT2D eigenvalue weighted by Gasteiger charge is -2.36. The van der Waals surface area contributed by atoms with Gasteiger partial charge in [-0.05, 0) is 24.8 Å². The topological polar surface area (TPSA) is 79.0 Å². The molecule has 0 spiro atoms. The highest BCUT2D eigenvalue weighted by molar-refractivity contribution is 7.86. The molecule has 0 saturated carbocycles. The highest BCUT2D eigenvalue weighted by Crippen LogP contribution is 2.22. The predicted octanol–water partition coefficient (Wildman–Crippen LogP) is 0.634. The minimum Gasteiger partial charge on any atom is -0.379 e. The van der Waals surface area contributed by atoms with Gasteiger partial charge >= 0.3 is 0 Å². The number of rotatable bonds is 6. The summed E-state index contributed by atoms with van der Waals surface area (Å²) in [5, 5.41) is 2.96. The third-order valence-electron chi connectivity index (χ3n) is 4.93. The van der Waals surface area contributed by atoms with Gasteiger partial charge in [0.15, 0.2) is 0 Å². The van der Waals surface area contributed by atoms with Gasteiger partial charge in [0, 0.05) is 32.7 Å². The van der Waals surface area contributed by atoms with Crippen LogP contribution in [0.4, 0.5) is 0 Å². The van der Waals surface area contributed by atoms with Gasteiger partial charge in [-0.2, -0.15) is 17.0 Å². The van der Waals surface area contributed by atoms with Gasteiger partial charge < -0.3 is 10.1 Å². The van der Waals surface area contributed by atoms with E-state index in [4.69, 9.17) is 4.74 Å². The van der Waals surface area contributed by atoms with Crippen molar-refractivity contribution in [3.05, 3.63) is 35.9 Å². The van der Waals surface area contributed by atoms with E-state index in [0.29, 0.717) is 45.8 Å². The van der Waals surface area contributed by atoms with E-state index >= 15 is 0 Å². The maximum absolute atomic E-state index is 12.8. The fourth-order valence-corrected chi connectivity index (χ4v) is 5.09. The van der Waals surface area contributed by atoms with Crippen molar-refractivity contribution in [2.45, 2.75) is 19.3 Å². The number of carbonyl (C=O) groups excluding carboxylic acids is 1. The first-order valence-electron chi connectivity index (χ1n) is 9.22. The second kappa shape index (κ2) is 8.94. The van der Waals surface area contributed by atoms with Crippen LogP contribution in [0.2, 0.25) is 0 Å². The van der Waals surface area contributed by atoms with Crippen molar-refractivity contribution >= 4 is 16.1 Å². The van der Waals surface area contributed by atoms with Crippen molar-refractivity contribution < 1.29 is 17.9 Å². The van der Waals surface area contributed by atoms with Gasteiger partial charge in [-0.25, -0.2) is 0 Å². The minimum absolute atomic E-state index is 0.0530. The molecule has 0 aliphatic carbocycles. The summed E-state index contributed by atoms with van der Waals surface area (Å²) >= 11 is 0. The lowest BCUT2D eigenvalue weighted by Crippen LogP contribution is -2.53. The van der Waals surface area contributed by atoms with Gasteiger partial charge in [-0.1, -0.05) is 30.3 Å². The van der Waals surface area contributed by atoms with Gasteiger partial charge in [-0.3, -0.25) is 4.79 Å². The average molecular weight is 381 g/mol. The monoisotopic (exact) mass is 381 g/mol. The molecule has 3 rings (SSSR count). The number of amides is 1. The molecule has 26 heavy (non-hydrogen) atoms. The van der Waals surface area contributed by atoms with Gasteiger partial charge in [0.05, 0.1) is 19.1 Å². The zero-order valence-corrected chi connectivity index (χ0v) is 15.8. The molecule has 1 N–H and O–H groups in total. The number of nitrogens with one attached hydrogen (secondary N) is 1. The Labute approximate surface area is 155 Å². The van der Waals surface area contributed by atoms with E-state index in [0.717, 1.165) is 12.8 Å². The molecular formula is C18H27N3O4S. The molecule has 2 saturated heterocycles. The summed E-state index contributed by atoms with van der Waals surface area (Å²) in [6.45, 7) is 2.92. The maximum atomic E-state index is 12.8. The van der Waals surface area contributed by atoms with E-state index in [-0.39, 0.29) is 18.4 Å². The predicted molar refractivity (Wildman–Crippen MR) is 98.8 cm³/mol. The highest BCUT2D eigenvalue weighted by atomic mass is 32.2. The Balaban J connectivity index is 1.51. The van der Waals surface area contributed by atoms with Gasteiger partial charge in [0.25, 0.3) is 10.2 Å². The molecule has 1 atom stereocenters. The Morgan fingerprint density at radius 2 is 1.85 bits per heavy atom. The summed E-state index contributed by atoms with van der Waals surface area (Å²) in [4.78, 5) is 12.5. The molecular weight excluding hydrogens is 354 g/mol. The first-order valence-corrected chi connectivity index (χ1v) is 10.6. The molecule has 2 aliphatic rings. The van der Waals surface area contributed by atoms with Crippen LogP contribution >= 0.6 is 0 Å². The van der Waals surface area contributed by atoms with E-state index in [1.54, 1.807) is 0 Å². The molecule has 1 aromatic carbocycles. The SMILES string of the molecule is O=C(NCCc1ccccc1)[C@@H]1CCCN(S(=O)(=O)N2CCOCC2)C1. The lowest BCUT2D eigenvalue weighted by atomic mass is 9.99. The van der Waals surface area contributed by atoms with Gasteiger partial charge in [-0.15, -0.1) is 0 Å². The second-order valence-electron chi connectivity index (χ2n) is 6.74. The van der Waals surface area contributed by atoms with Crippen molar-refractivity contribution in [3.63, 3.8) is 0 Å². The zero-order chi connectivity index (χ0) is 18.4. The molecule has 0 unspecified atom stereocenters. The van der Waals surface area contributed by atoms with Crippen molar-refractivity contribution in [2.75, 3.05) is 45.9 Å². The molecule has 144 valence electrons. The summed E-state index contributed by atoms with van der Waals surface area (Å²) < 4.78 is 33.7. The van der Waals surface area contributed by atoms with Crippen molar-refractivity contribution in [2.24, 2.45) is 5.92 Å². The Bertz CT molecular complexity index is 690. The number of nitrogens with zero attached hydrogens (tertiary/aromatic N) is 2. The Morgan fingerprint density at radius 1 is 1.12 bits per heavy atom. The third-order valence-corrected chi connectivity index (χ3v) is 6.94. The van der Waals surface area contributed by atoms with E-state index < -0.39 is 10.2 Å². The number of piperidine rings is 1. The zero-order valence-electron chi connectivity index (χ0n) is 15.0. The molecule has 2 fully saturated rings. The number of benzene rings is 1. The van der Waals surface area contributed by atoms with E-state index in [1.165, 1.54) is 14.2 Å². The Kier molecular flexibility index (Phi) is 6.63. The molecule has 2 heterocycles. The first-order chi connectivity index (χ1) is 12.6. The summed E-state index contributed by atoms with van der Waals surface area (Å²) in [6, 6.07) is 9.99. The molecule has 0 aromatic heterocycles. The molecule has 8 heteroatoms. The first kappa shape index (κ1) is 19.3. The highest BCUT2D eigenvalue weighted by Gasteiger charge is 2.36. The minimum atomic E-state index is -3.51. The van der Waals surface area contributed by atoms with Crippen molar-refractivity contribution in [1.82, 2.24) is 13.9 Å². The van der Waals surface area contributed by atoms with Crippen LogP contribution < -0.4 is 5.32 Å². The van der Waals surface area contributed by atoms with Crippen LogP contribution in [0.5, 0.6) is 0 Å². The molecule has 0 bridgehead atoms. The summed E-state index contributed by atoms with van der Waals surface area (Å²) in [5.41, 5.74) is 1.17. The van der Waals surface area contributed by atoms with Crippen molar-refractivity contribution in [3.8, 4) is 0 Å². The number of hydrogen-bond donors (Lipinski definition) is 1. The number of ether oxygens (including phenoxy) is 1. The summed E-state index contributed by atoms with van der Waals surface area (Å²) in [5.74, 6) is -0.335. The molecule has 1 amide bonds. The van der Waals surface area contributed by atoms with E-state index in [1.807, 2.05) is 30.3 Å². The molecule has 2 aliphatic heterocycles. The van der Waals surface area contributed by atoms with Crippen molar-refractivity contribution in [1.29, 1.82) is 0 Å². The smallest absolute Gasteiger partial charge is 0.282 e. The average Bonchev–Trinajstić information content (AvgIpc) is 2.69. The van der Waals surface area contributed by atoms with Gasteiger partial charge in [0.1, 0.15) is 0 Å². The standard InChI is InChI=1S/C18H27N3O4S/c22-18(19-9-8-16-5-2-1-3-6-16)17-7-4-10-21(15-17)26(23,24)20-11-13-25-14-12-20/h1-3,5-6,17H,4,7-15H2,(H,19,22)/t17-/m1/s1. The number of morpholine rings is 1. The maximum Gasteiger partial charge on any atom is 0.282 e. The molecule has 0 radical (unpaired) electrons.